The van der Waals surface area contributed by atoms with Gasteiger partial charge in [-0.1, -0.05) is 255 Å². The van der Waals surface area contributed by atoms with Crippen molar-refractivity contribution in [2.45, 2.75) is 283 Å². The van der Waals surface area contributed by atoms with Crippen LogP contribution in [0.3, 0.4) is 0 Å². The van der Waals surface area contributed by atoms with Gasteiger partial charge < -0.3 is 20.3 Å². The van der Waals surface area contributed by atoms with Gasteiger partial charge in [-0.3, -0.25) is 9.59 Å². The van der Waals surface area contributed by atoms with E-state index in [1.165, 1.54) is 141 Å². The molecule has 0 spiro atoms. The van der Waals surface area contributed by atoms with E-state index in [0.717, 1.165) is 70.6 Å². The Morgan fingerprint density at radius 3 is 1.21 bits per heavy atom. The third-order valence-corrected chi connectivity index (χ3v) is 12.1. The molecule has 6 heteroatoms. The van der Waals surface area contributed by atoms with Crippen LogP contribution in [0.1, 0.15) is 265 Å². The predicted octanol–water partition coefficient (Wildman–Crippen LogP) is 16.4. The Kier molecular flexibility index (Phi) is 48.6. The highest BCUT2D eigenvalue weighted by Crippen LogP contribution is 2.18. The number of hydrogen-bond donors (Lipinski definition) is 3. The summed E-state index contributed by atoms with van der Waals surface area (Å²) < 4.78 is 5.90. The van der Waals surface area contributed by atoms with Gasteiger partial charge in [0.1, 0.15) is 6.10 Å². The monoisotopic (exact) mass is 882 g/mol. The van der Waals surface area contributed by atoms with Gasteiger partial charge in [0, 0.05) is 6.42 Å². The van der Waals surface area contributed by atoms with E-state index in [1.807, 2.05) is 6.08 Å². The number of aliphatic hydroxyl groups excluding tert-OH is 2. The summed E-state index contributed by atoms with van der Waals surface area (Å²) in [5.41, 5.74) is 0. The van der Waals surface area contributed by atoms with Crippen LogP contribution in [-0.2, 0) is 14.3 Å². The van der Waals surface area contributed by atoms with E-state index >= 15 is 0 Å². The first kappa shape index (κ1) is 60.6. The lowest BCUT2D eigenvalue weighted by Gasteiger charge is -2.24. The Hall–Kier alpha value is -2.44. The van der Waals surface area contributed by atoms with Crippen molar-refractivity contribution >= 4 is 11.9 Å². The second kappa shape index (κ2) is 50.6. The molecule has 1 amide bonds. The third kappa shape index (κ3) is 45.9. The average Bonchev–Trinajstić information content (AvgIpc) is 3.28. The second-order valence-corrected chi connectivity index (χ2v) is 18.3. The molecule has 6 nitrogen and oxygen atoms in total. The van der Waals surface area contributed by atoms with Crippen molar-refractivity contribution < 1.29 is 24.5 Å². The minimum atomic E-state index is -0.800. The topological polar surface area (TPSA) is 95.9 Å². The Balaban J connectivity index is 4.63. The zero-order valence-electron chi connectivity index (χ0n) is 41.7. The molecule has 0 aliphatic carbocycles. The number of esters is 1. The fraction of sp³-hybridized carbons (Fsp3) is 0.789. The van der Waals surface area contributed by atoms with Crippen LogP contribution in [0.5, 0.6) is 0 Å². The van der Waals surface area contributed by atoms with Gasteiger partial charge in [-0.15, -0.1) is 0 Å². The van der Waals surface area contributed by atoms with Gasteiger partial charge in [-0.05, 0) is 57.8 Å². The standard InChI is InChI=1S/C57H103NO5/c1-4-7-10-13-16-19-22-25-27-29-32-35-38-41-44-47-50-57(62)63-53(48-45-42-39-36-33-30-24-21-18-15-12-9-6-3)51-56(61)58-54(52-59)55(60)49-46-43-40-37-34-31-28-26-23-20-17-14-11-8-5-2/h7,10,16,19,25,27,32,35,41,44,53-55,59-60H,4-6,8-9,11-15,17-18,20-24,26,28-31,33-34,36-40,42-43,45-52H2,1-3H3,(H,58,61)/b10-7+,19-16+,27-25+,35-32+,44-41+. The Morgan fingerprint density at radius 2 is 0.825 bits per heavy atom. The van der Waals surface area contributed by atoms with Gasteiger partial charge in [0.15, 0.2) is 0 Å². The number of aliphatic hydroxyl groups is 2. The van der Waals surface area contributed by atoms with Crippen LogP contribution in [0.25, 0.3) is 0 Å². The summed E-state index contributed by atoms with van der Waals surface area (Å²) in [4.78, 5) is 26.1. The van der Waals surface area contributed by atoms with Crippen molar-refractivity contribution in [2.75, 3.05) is 6.61 Å². The first-order valence-corrected chi connectivity index (χ1v) is 27.0. The first-order valence-electron chi connectivity index (χ1n) is 27.0. The third-order valence-electron chi connectivity index (χ3n) is 12.1. The molecule has 0 aliphatic heterocycles. The van der Waals surface area contributed by atoms with Gasteiger partial charge >= 0.3 is 5.97 Å². The Morgan fingerprint density at radius 1 is 0.476 bits per heavy atom. The molecule has 3 unspecified atom stereocenters. The van der Waals surface area contributed by atoms with E-state index in [2.05, 4.69) is 80.8 Å². The van der Waals surface area contributed by atoms with E-state index in [4.69, 9.17) is 4.74 Å². The number of nitrogens with one attached hydrogen (secondary N) is 1. The van der Waals surface area contributed by atoms with Crippen molar-refractivity contribution in [1.29, 1.82) is 0 Å². The number of carbonyl (C=O) groups excluding carboxylic acids is 2. The van der Waals surface area contributed by atoms with Crippen molar-refractivity contribution in [3.05, 3.63) is 60.8 Å². The molecular formula is C57H103NO5. The van der Waals surface area contributed by atoms with Gasteiger partial charge in [0.05, 0.1) is 25.2 Å². The summed E-state index contributed by atoms with van der Waals surface area (Å²) >= 11 is 0. The quantitative estimate of drug-likeness (QED) is 0.0321. The number of unbranched alkanes of at least 4 members (excludes halogenated alkanes) is 26. The number of amides is 1. The summed E-state index contributed by atoms with van der Waals surface area (Å²) in [6, 6.07) is -0.716. The SMILES string of the molecule is CC/C=C/C/C=C/C/C=C/C/C=C/C/C=C/CCC(=O)OC(CCCCCCCCCCCCCCC)CC(=O)NC(CO)C(O)CCCCCCCCCCCCCCCCC. The van der Waals surface area contributed by atoms with Crippen molar-refractivity contribution in [3.8, 4) is 0 Å². The van der Waals surface area contributed by atoms with E-state index in [0.29, 0.717) is 19.3 Å². The molecule has 0 aliphatic rings. The minimum absolute atomic E-state index is 0.0494. The largest absolute Gasteiger partial charge is 0.462 e. The summed E-state index contributed by atoms with van der Waals surface area (Å²) in [6.45, 7) is 6.37. The average molecular weight is 882 g/mol. The van der Waals surface area contributed by atoms with Gasteiger partial charge in [-0.25, -0.2) is 0 Å². The lowest BCUT2D eigenvalue weighted by atomic mass is 10.0. The summed E-state index contributed by atoms with van der Waals surface area (Å²) in [6.07, 6.45) is 62.9. The smallest absolute Gasteiger partial charge is 0.306 e. The van der Waals surface area contributed by atoms with E-state index in [1.54, 1.807) is 0 Å². The van der Waals surface area contributed by atoms with Crippen LogP contribution in [-0.4, -0.2) is 46.9 Å². The van der Waals surface area contributed by atoms with E-state index in [-0.39, 0.29) is 31.3 Å². The number of carbonyl (C=O) groups is 2. The Bertz CT molecular complexity index is 1130. The number of allylic oxidation sites excluding steroid dienone is 10. The molecule has 0 heterocycles. The van der Waals surface area contributed by atoms with Gasteiger partial charge in [0.2, 0.25) is 5.91 Å². The molecule has 63 heavy (non-hydrogen) atoms. The van der Waals surface area contributed by atoms with Crippen LogP contribution in [0.2, 0.25) is 0 Å². The first-order chi connectivity index (χ1) is 31.0. The van der Waals surface area contributed by atoms with Crippen molar-refractivity contribution in [2.24, 2.45) is 0 Å². The van der Waals surface area contributed by atoms with E-state index in [9.17, 15) is 19.8 Å². The van der Waals surface area contributed by atoms with Crippen LogP contribution < -0.4 is 5.32 Å². The molecular weight excluding hydrogens is 779 g/mol. The molecule has 0 radical (unpaired) electrons. The zero-order valence-corrected chi connectivity index (χ0v) is 41.7. The second-order valence-electron chi connectivity index (χ2n) is 18.3. The molecule has 0 saturated carbocycles. The van der Waals surface area contributed by atoms with Crippen molar-refractivity contribution in [3.63, 3.8) is 0 Å². The molecule has 3 atom stereocenters. The van der Waals surface area contributed by atoms with Crippen LogP contribution in [0, 0.1) is 0 Å². The molecule has 0 rings (SSSR count). The van der Waals surface area contributed by atoms with E-state index < -0.39 is 18.2 Å². The molecule has 0 fully saturated rings. The zero-order chi connectivity index (χ0) is 45.9. The van der Waals surface area contributed by atoms with Crippen LogP contribution in [0.15, 0.2) is 60.8 Å². The minimum Gasteiger partial charge on any atom is -0.462 e. The molecule has 0 aromatic rings. The summed E-state index contributed by atoms with van der Waals surface area (Å²) in [5.74, 6) is -0.565. The van der Waals surface area contributed by atoms with Crippen LogP contribution >= 0.6 is 0 Å². The maximum atomic E-state index is 13.2. The van der Waals surface area contributed by atoms with Gasteiger partial charge in [0.25, 0.3) is 0 Å². The fourth-order valence-corrected chi connectivity index (χ4v) is 8.07. The number of ether oxygens (including phenoxy) is 1. The number of rotatable bonds is 48. The summed E-state index contributed by atoms with van der Waals surface area (Å²) in [5, 5.41) is 23.8. The molecule has 0 saturated heterocycles. The Labute approximate surface area is 390 Å². The molecule has 0 bridgehead atoms. The molecule has 3 N–H and O–H groups in total. The highest BCUT2D eigenvalue weighted by atomic mass is 16.5. The molecule has 366 valence electrons. The van der Waals surface area contributed by atoms with Crippen molar-refractivity contribution in [1.82, 2.24) is 5.32 Å². The molecule has 0 aromatic carbocycles. The van der Waals surface area contributed by atoms with Gasteiger partial charge in [-0.2, -0.15) is 0 Å². The fourth-order valence-electron chi connectivity index (χ4n) is 8.07. The highest BCUT2D eigenvalue weighted by molar-refractivity contribution is 5.77. The summed E-state index contributed by atoms with van der Waals surface area (Å²) in [7, 11) is 0. The highest BCUT2D eigenvalue weighted by Gasteiger charge is 2.24. The lowest BCUT2D eigenvalue weighted by Crippen LogP contribution is -2.46. The lowest BCUT2D eigenvalue weighted by molar-refractivity contribution is -0.150. The molecule has 0 aromatic heterocycles. The van der Waals surface area contributed by atoms with Crippen LogP contribution in [0.4, 0.5) is 0 Å². The maximum absolute atomic E-state index is 13.2. The number of hydrogen-bond acceptors (Lipinski definition) is 5. The normalized spacial score (nSPS) is 13.7. The maximum Gasteiger partial charge on any atom is 0.306 e. The predicted molar refractivity (Wildman–Crippen MR) is 273 cm³/mol.